The summed E-state index contributed by atoms with van der Waals surface area (Å²) in [6.45, 7) is 0. The lowest BCUT2D eigenvalue weighted by atomic mass is 10.2. The van der Waals surface area contributed by atoms with E-state index in [-0.39, 0.29) is 5.65 Å². The van der Waals surface area contributed by atoms with Gasteiger partial charge in [0.15, 0.2) is 5.56 Å². The Bertz CT molecular complexity index is 949. The van der Waals surface area contributed by atoms with E-state index >= 15 is 0 Å². The molecule has 23 heavy (non-hydrogen) atoms. The number of rotatable bonds is 3. The first-order valence-electron chi connectivity index (χ1n) is 6.76. The molecular formula is C16H13N3O4. The summed E-state index contributed by atoms with van der Waals surface area (Å²) >= 11 is 0. The lowest BCUT2D eigenvalue weighted by Gasteiger charge is -2.08. The second-order valence-electron chi connectivity index (χ2n) is 4.73. The molecule has 0 saturated carbocycles. The topological polar surface area (TPSA) is 92.9 Å². The Kier molecular flexibility index (Phi) is 3.68. The van der Waals surface area contributed by atoms with Crippen LogP contribution in [0.2, 0.25) is 0 Å². The van der Waals surface area contributed by atoms with Crippen molar-refractivity contribution in [3.05, 3.63) is 64.6 Å². The van der Waals surface area contributed by atoms with Crippen molar-refractivity contribution in [3.63, 3.8) is 0 Å². The van der Waals surface area contributed by atoms with E-state index in [9.17, 15) is 14.7 Å². The largest absolute Gasteiger partial charge is 0.497 e. The van der Waals surface area contributed by atoms with E-state index in [0.29, 0.717) is 11.4 Å². The Morgan fingerprint density at radius 1 is 1.26 bits per heavy atom. The molecule has 2 N–H and O–H groups in total. The number of carbonyl (C=O) groups is 1. The van der Waals surface area contributed by atoms with Gasteiger partial charge in [-0.2, -0.15) is 4.98 Å². The number of fused-ring (bicyclic) bond motifs is 1. The normalized spacial score (nSPS) is 10.5. The fraction of sp³-hybridized carbons (Fsp3) is 0.0625. The molecule has 2 aromatic heterocycles. The number of carbonyl (C=O) groups excluding carboxylic acids is 1. The van der Waals surface area contributed by atoms with Gasteiger partial charge in [0.1, 0.15) is 11.4 Å². The first kappa shape index (κ1) is 14.6. The van der Waals surface area contributed by atoms with Crippen LogP contribution in [0.4, 0.5) is 5.69 Å². The molecule has 2 heterocycles. The number of benzene rings is 1. The van der Waals surface area contributed by atoms with E-state index in [0.717, 1.165) is 0 Å². The second kappa shape index (κ2) is 5.80. The van der Waals surface area contributed by atoms with Crippen molar-refractivity contribution in [1.29, 1.82) is 0 Å². The van der Waals surface area contributed by atoms with Gasteiger partial charge in [-0.15, -0.1) is 0 Å². The average molecular weight is 311 g/mol. The summed E-state index contributed by atoms with van der Waals surface area (Å²) < 4.78 is 6.26. The molecule has 0 saturated heterocycles. The molecule has 3 rings (SSSR count). The summed E-state index contributed by atoms with van der Waals surface area (Å²) in [5.41, 5.74) is -0.371. The summed E-state index contributed by atoms with van der Waals surface area (Å²) in [4.78, 5) is 28.6. The zero-order chi connectivity index (χ0) is 16.4. The molecule has 116 valence electrons. The highest BCUT2D eigenvalue weighted by atomic mass is 16.5. The SMILES string of the molecule is COc1cccc(NC(=O)c2c(O)nc3ccccn3c2=O)c1. The highest BCUT2D eigenvalue weighted by Crippen LogP contribution is 2.18. The smallest absolute Gasteiger partial charge is 0.274 e. The monoisotopic (exact) mass is 311 g/mol. The van der Waals surface area contributed by atoms with Crippen molar-refractivity contribution in [2.75, 3.05) is 12.4 Å². The summed E-state index contributed by atoms with van der Waals surface area (Å²) in [7, 11) is 1.51. The number of amides is 1. The van der Waals surface area contributed by atoms with Gasteiger partial charge in [-0.05, 0) is 24.3 Å². The molecule has 0 unspecified atom stereocenters. The van der Waals surface area contributed by atoms with Gasteiger partial charge in [-0.1, -0.05) is 12.1 Å². The van der Waals surface area contributed by atoms with Gasteiger partial charge >= 0.3 is 0 Å². The van der Waals surface area contributed by atoms with Gasteiger partial charge in [-0.25, -0.2) is 0 Å². The van der Waals surface area contributed by atoms with Crippen LogP contribution in [0.3, 0.4) is 0 Å². The molecular weight excluding hydrogens is 298 g/mol. The number of hydrogen-bond acceptors (Lipinski definition) is 5. The van der Waals surface area contributed by atoms with Crippen LogP contribution in [0.15, 0.2) is 53.5 Å². The lowest BCUT2D eigenvalue weighted by molar-refractivity contribution is 0.102. The third-order valence-corrected chi connectivity index (χ3v) is 3.27. The van der Waals surface area contributed by atoms with E-state index in [1.54, 1.807) is 42.5 Å². The maximum Gasteiger partial charge on any atom is 0.274 e. The van der Waals surface area contributed by atoms with Crippen LogP contribution in [0.5, 0.6) is 11.6 Å². The lowest BCUT2D eigenvalue weighted by Crippen LogP contribution is -2.27. The highest BCUT2D eigenvalue weighted by Gasteiger charge is 2.19. The molecule has 0 spiro atoms. The number of aromatic nitrogens is 2. The van der Waals surface area contributed by atoms with E-state index in [2.05, 4.69) is 10.3 Å². The first-order chi connectivity index (χ1) is 11.1. The molecule has 0 aliphatic heterocycles. The predicted octanol–water partition coefficient (Wildman–Crippen LogP) is 1.66. The molecule has 0 fully saturated rings. The molecule has 1 amide bonds. The van der Waals surface area contributed by atoms with Crippen molar-refractivity contribution >= 4 is 17.2 Å². The molecule has 1 aromatic carbocycles. The van der Waals surface area contributed by atoms with E-state index in [1.807, 2.05) is 0 Å². The standard InChI is InChI=1S/C16H13N3O4/c1-23-11-6-4-5-10(9-11)17-14(20)13-15(21)18-12-7-2-3-8-19(12)16(13)22/h2-9,21H,1H3,(H,17,20). The fourth-order valence-electron chi connectivity index (χ4n) is 2.17. The maximum atomic E-state index is 12.4. The molecule has 0 atom stereocenters. The zero-order valence-corrected chi connectivity index (χ0v) is 12.2. The van der Waals surface area contributed by atoms with E-state index in [1.165, 1.54) is 17.7 Å². The average Bonchev–Trinajstić information content (AvgIpc) is 2.55. The number of nitrogens with one attached hydrogen (secondary N) is 1. The Morgan fingerprint density at radius 3 is 2.87 bits per heavy atom. The number of nitrogens with zero attached hydrogens (tertiary/aromatic N) is 2. The summed E-state index contributed by atoms with van der Waals surface area (Å²) in [5, 5.41) is 12.5. The van der Waals surface area contributed by atoms with Crippen LogP contribution in [-0.2, 0) is 0 Å². The molecule has 3 aromatic rings. The van der Waals surface area contributed by atoms with Crippen LogP contribution in [0, 0.1) is 0 Å². The quantitative estimate of drug-likeness (QED) is 0.767. The summed E-state index contributed by atoms with van der Waals surface area (Å²) in [6, 6.07) is 11.5. The van der Waals surface area contributed by atoms with E-state index < -0.39 is 22.9 Å². The Morgan fingerprint density at radius 2 is 2.09 bits per heavy atom. The van der Waals surface area contributed by atoms with Crippen molar-refractivity contribution < 1.29 is 14.6 Å². The highest BCUT2D eigenvalue weighted by molar-refractivity contribution is 6.05. The third-order valence-electron chi connectivity index (χ3n) is 3.27. The van der Waals surface area contributed by atoms with Gasteiger partial charge < -0.3 is 15.2 Å². The van der Waals surface area contributed by atoms with Gasteiger partial charge in [-0.3, -0.25) is 14.0 Å². The van der Waals surface area contributed by atoms with Crippen LogP contribution < -0.4 is 15.6 Å². The van der Waals surface area contributed by atoms with Crippen molar-refractivity contribution in [2.45, 2.75) is 0 Å². The number of methoxy groups -OCH3 is 1. The number of hydrogen-bond donors (Lipinski definition) is 2. The number of anilines is 1. The zero-order valence-electron chi connectivity index (χ0n) is 12.2. The maximum absolute atomic E-state index is 12.4. The third kappa shape index (κ3) is 2.71. The predicted molar refractivity (Wildman–Crippen MR) is 84.1 cm³/mol. The van der Waals surface area contributed by atoms with Crippen LogP contribution in [-0.4, -0.2) is 27.5 Å². The van der Waals surface area contributed by atoms with Crippen molar-refractivity contribution in [1.82, 2.24) is 9.38 Å². The number of ether oxygens (including phenoxy) is 1. The van der Waals surface area contributed by atoms with Crippen molar-refractivity contribution in [2.24, 2.45) is 0 Å². The fourth-order valence-corrected chi connectivity index (χ4v) is 2.17. The number of aromatic hydroxyl groups is 1. The van der Waals surface area contributed by atoms with Gasteiger partial charge in [0, 0.05) is 18.0 Å². The van der Waals surface area contributed by atoms with Crippen molar-refractivity contribution in [3.8, 4) is 11.6 Å². The van der Waals surface area contributed by atoms with Crippen LogP contribution >= 0.6 is 0 Å². The molecule has 0 bridgehead atoms. The molecule has 0 aliphatic carbocycles. The Balaban J connectivity index is 2.02. The summed E-state index contributed by atoms with van der Waals surface area (Å²) in [6.07, 6.45) is 1.48. The molecule has 0 aliphatic rings. The molecule has 7 nitrogen and oxygen atoms in total. The number of pyridine rings is 1. The summed E-state index contributed by atoms with van der Waals surface area (Å²) in [5.74, 6) is -0.798. The first-order valence-corrected chi connectivity index (χ1v) is 6.76. The minimum Gasteiger partial charge on any atom is -0.497 e. The van der Waals surface area contributed by atoms with Gasteiger partial charge in [0.05, 0.1) is 7.11 Å². The molecule has 7 heteroatoms. The minimum atomic E-state index is -0.744. The molecule has 0 radical (unpaired) electrons. The minimum absolute atomic E-state index is 0.257. The Hall–Kier alpha value is -3.35. The second-order valence-corrected chi connectivity index (χ2v) is 4.73. The van der Waals surface area contributed by atoms with E-state index in [4.69, 9.17) is 4.74 Å². The van der Waals surface area contributed by atoms with Gasteiger partial charge in [0.25, 0.3) is 11.5 Å². The Labute approximate surface area is 130 Å². The van der Waals surface area contributed by atoms with Gasteiger partial charge in [0.2, 0.25) is 5.88 Å². The van der Waals surface area contributed by atoms with Crippen LogP contribution in [0.1, 0.15) is 10.4 Å². The van der Waals surface area contributed by atoms with Crippen LogP contribution in [0.25, 0.3) is 5.65 Å².